The molecule has 0 aromatic heterocycles. The molecule has 1 N–H and O–H groups in total. The summed E-state index contributed by atoms with van der Waals surface area (Å²) in [5.41, 5.74) is 0. The van der Waals surface area contributed by atoms with Crippen LogP contribution in [-0.2, 0) is 4.79 Å². The summed E-state index contributed by atoms with van der Waals surface area (Å²) in [7, 11) is -0.303. The molecule has 0 amide bonds. The van der Waals surface area contributed by atoms with Gasteiger partial charge in [-0.05, 0) is 18.9 Å². The number of carboxylic acids is 1. The van der Waals surface area contributed by atoms with E-state index in [0.29, 0.717) is 0 Å². The molecule has 0 aliphatic heterocycles. The zero-order valence-corrected chi connectivity index (χ0v) is 6.98. The Bertz CT molecular complexity index is 101. The maximum atomic E-state index is 10.4. The van der Waals surface area contributed by atoms with Crippen molar-refractivity contribution in [2.75, 3.05) is 12.5 Å². The second-order valence-electron chi connectivity index (χ2n) is 2.23. The lowest BCUT2D eigenvalue weighted by molar-refractivity contribution is -0.136. The largest absolute Gasteiger partial charge is 0.480 e. The Balaban J connectivity index is 3.83. The molecule has 0 spiro atoms. The highest BCUT2D eigenvalue weighted by Gasteiger charge is 2.15. The second kappa shape index (κ2) is 3.77. The van der Waals surface area contributed by atoms with Gasteiger partial charge in [0.25, 0.3) is 0 Å². The van der Waals surface area contributed by atoms with Crippen LogP contribution in [0, 0.1) is 0 Å². The van der Waals surface area contributed by atoms with Crippen LogP contribution in [0.4, 0.5) is 0 Å². The van der Waals surface area contributed by atoms with Crippen molar-refractivity contribution in [1.82, 2.24) is 0 Å². The number of rotatable bonds is 3. The molecule has 0 radical (unpaired) electrons. The van der Waals surface area contributed by atoms with Crippen LogP contribution in [0.2, 0.25) is 0 Å². The first-order chi connectivity index (χ1) is 4.09. The fourth-order valence-corrected chi connectivity index (χ4v) is 1.93. The van der Waals surface area contributed by atoms with E-state index in [-0.39, 0.29) is 16.1 Å². The Hall–Kier alpha value is -0.180. The van der Waals surface area contributed by atoms with Gasteiger partial charge in [-0.3, -0.25) is 4.79 Å². The van der Waals surface area contributed by atoms with Crippen LogP contribution < -0.4 is 0 Å². The van der Waals surface area contributed by atoms with E-state index in [9.17, 15) is 4.79 Å². The third-order valence-corrected chi connectivity index (χ3v) is 3.13. The fraction of sp³-hybridized carbons (Fsp3) is 0.833. The first-order valence-electron chi connectivity index (χ1n) is 2.98. The Kier molecular flexibility index (Phi) is 3.70. The molecule has 0 saturated carbocycles. The predicted octanol–water partition coefficient (Wildman–Crippen LogP) is 1.11. The highest BCUT2D eigenvalue weighted by Crippen LogP contribution is 2.24. The Labute approximate surface area is 58.6 Å². The molecule has 0 aliphatic rings. The van der Waals surface area contributed by atoms with E-state index < -0.39 is 5.97 Å². The molecule has 2 nitrogen and oxygen atoms in total. The third-order valence-electron chi connectivity index (χ3n) is 1.30. The highest BCUT2D eigenvalue weighted by atomic mass is 32.2. The lowest BCUT2D eigenvalue weighted by atomic mass is 10.3. The van der Waals surface area contributed by atoms with Crippen molar-refractivity contribution in [3.05, 3.63) is 0 Å². The van der Waals surface area contributed by atoms with Crippen LogP contribution in [0.3, 0.4) is 0 Å². The van der Waals surface area contributed by atoms with E-state index >= 15 is 0 Å². The second-order valence-corrected chi connectivity index (χ2v) is 4.78. The predicted molar refractivity (Wildman–Crippen MR) is 42.5 cm³/mol. The number of hydrogen-bond donors (Lipinski definition) is 2. The summed E-state index contributed by atoms with van der Waals surface area (Å²) in [6.07, 6.45) is 4.75. The molecule has 0 aromatic carbocycles. The van der Waals surface area contributed by atoms with Crippen molar-refractivity contribution in [3.8, 4) is 0 Å². The number of carbonyl (C=O) groups is 1. The van der Waals surface area contributed by atoms with Crippen molar-refractivity contribution in [3.63, 3.8) is 0 Å². The topological polar surface area (TPSA) is 37.3 Å². The van der Waals surface area contributed by atoms with Gasteiger partial charge in [0.1, 0.15) is 0 Å². The van der Waals surface area contributed by atoms with E-state index in [4.69, 9.17) is 5.11 Å². The van der Waals surface area contributed by atoms with Crippen LogP contribution in [0.1, 0.15) is 13.3 Å². The molecule has 56 valence electrons. The molecule has 1 atom stereocenters. The monoisotopic (exact) mass is 150 g/mol. The molecular formula is C6H14O2S. The Morgan fingerprint density at radius 2 is 2.11 bits per heavy atom. The van der Waals surface area contributed by atoms with E-state index in [1.807, 2.05) is 19.4 Å². The quantitative estimate of drug-likeness (QED) is 0.591. The van der Waals surface area contributed by atoms with Crippen molar-refractivity contribution >= 4 is 16.9 Å². The van der Waals surface area contributed by atoms with Gasteiger partial charge in [0.05, 0.1) is 5.25 Å². The highest BCUT2D eigenvalue weighted by molar-refractivity contribution is 8.16. The fourth-order valence-electron chi connectivity index (χ4n) is 0.761. The smallest absolute Gasteiger partial charge is 0.314 e. The van der Waals surface area contributed by atoms with Gasteiger partial charge in [0.15, 0.2) is 0 Å². The van der Waals surface area contributed by atoms with E-state index in [1.54, 1.807) is 0 Å². The average Bonchev–Trinajstić information content (AvgIpc) is 1.64. The molecule has 0 fully saturated rings. The molecule has 0 rings (SSSR count). The van der Waals surface area contributed by atoms with Crippen LogP contribution in [0.15, 0.2) is 0 Å². The standard InChI is InChI=1S/C6H14O2S/c1-4-5(6(7)8)9(2)3/h5,9H,4H2,1-3H3,(H,7,8). The zero-order valence-electron chi connectivity index (χ0n) is 6.09. The number of aliphatic carboxylic acids is 1. The molecule has 0 aliphatic carbocycles. The molecular weight excluding hydrogens is 136 g/mol. The van der Waals surface area contributed by atoms with Gasteiger partial charge >= 0.3 is 5.97 Å². The number of hydrogen-bond acceptors (Lipinski definition) is 1. The first kappa shape index (κ1) is 8.82. The summed E-state index contributed by atoms with van der Waals surface area (Å²) < 4.78 is 0. The molecule has 0 saturated heterocycles. The maximum Gasteiger partial charge on any atom is 0.314 e. The first-order valence-corrected chi connectivity index (χ1v) is 5.29. The van der Waals surface area contributed by atoms with E-state index in [2.05, 4.69) is 0 Å². The van der Waals surface area contributed by atoms with E-state index in [1.165, 1.54) is 0 Å². The van der Waals surface area contributed by atoms with Gasteiger partial charge in [-0.1, -0.05) is 6.92 Å². The van der Waals surface area contributed by atoms with Crippen LogP contribution in [0.25, 0.3) is 0 Å². The minimum absolute atomic E-state index is 0.0972. The van der Waals surface area contributed by atoms with E-state index in [0.717, 1.165) is 6.42 Å². The summed E-state index contributed by atoms with van der Waals surface area (Å²) >= 11 is 0. The Morgan fingerprint density at radius 3 is 2.11 bits per heavy atom. The lowest BCUT2D eigenvalue weighted by Crippen LogP contribution is -2.18. The molecule has 0 heterocycles. The normalized spacial score (nSPS) is 14.8. The lowest BCUT2D eigenvalue weighted by Gasteiger charge is -2.16. The molecule has 1 unspecified atom stereocenters. The van der Waals surface area contributed by atoms with Gasteiger partial charge < -0.3 is 5.11 Å². The minimum atomic E-state index is -0.645. The van der Waals surface area contributed by atoms with Gasteiger partial charge in [-0.25, -0.2) is 10.9 Å². The third kappa shape index (κ3) is 2.75. The SMILES string of the molecule is CCC(C(=O)O)[SH](C)C. The average molecular weight is 150 g/mol. The summed E-state index contributed by atoms with van der Waals surface area (Å²) in [4.78, 5) is 10.4. The minimum Gasteiger partial charge on any atom is -0.480 e. The molecule has 0 aromatic rings. The summed E-state index contributed by atoms with van der Waals surface area (Å²) in [6, 6.07) is 0. The number of carboxylic acid groups (broad SMARTS) is 1. The molecule has 3 heteroatoms. The summed E-state index contributed by atoms with van der Waals surface area (Å²) in [5, 5.41) is 8.46. The van der Waals surface area contributed by atoms with Crippen molar-refractivity contribution in [2.24, 2.45) is 0 Å². The van der Waals surface area contributed by atoms with Gasteiger partial charge in [-0.2, -0.15) is 0 Å². The van der Waals surface area contributed by atoms with Crippen molar-refractivity contribution in [2.45, 2.75) is 18.6 Å². The number of thiol groups is 1. The molecule has 9 heavy (non-hydrogen) atoms. The Morgan fingerprint density at radius 1 is 1.67 bits per heavy atom. The molecule has 0 bridgehead atoms. The van der Waals surface area contributed by atoms with Crippen molar-refractivity contribution in [1.29, 1.82) is 0 Å². The summed E-state index contributed by atoms with van der Waals surface area (Å²) in [6.45, 7) is 1.92. The summed E-state index contributed by atoms with van der Waals surface area (Å²) in [5.74, 6) is -0.645. The van der Waals surface area contributed by atoms with Crippen LogP contribution in [0.5, 0.6) is 0 Å². The van der Waals surface area contributed by atoms with Gasteiger partial charge in [0, 0.05) is 0 Å². The van der Waals surface area contributed by atoms with Crippen molar-refractivity contribution < 1.29 is 9.90 Å². The van der Waals surface area contributed by atoms with Crippen LogP contribution >= 0.6 is 10.9 Å². The maximum absolute atomic E-state index is 10.4. The zero-order chi connectivity index (χ0) is 7.44. The van der Waals surface area contributed by atoms with Crippen LogP contribution in [-0.4, -0.2) is 28.8 Å². The van der Waals surface area contributed by atoms with Gasteiger partial charge in [0.2, 0.25) is 0 Å². The van der Waals surface area contributed by atoms with Gasteiger partial charge in [-0.15, -0.1) is 0 Å².